The number of hydrogen-bond donors (Lipinski definition) is 2. The molecule has 0 amide bonds. The number of allylic oxidation sites excluding steroid dienone is 3. The fourth-order valence-electron chi connectivity index (χ4n) is 4.52. The Bertz CT molecular complexity index is 1420. The Hall–Kier alpha value is -4.33. The molecule has 0 spiro atoms. The van der Waals surface area contributed by atoms with Crippen LogP contribution in [0.5, 0.6) is 5.88 Å². The van der Waals surface area contributed by atoms with Crippen LogP contribution in [-0.4, -0.2) is 36.1 Å². The number of rotatable bonds is 5. The van der Waals surface area contributed by atoms with Crippen LogP contribution >= 0.6 is 0 Å². The molecule has 4 bridgehead atoms. The molecule has 8 nitrogen and oxygen atoms in total. The summed E-state index contributed by atoms with van der Waals surface area (Å²) in [6.45, 7) is 15.4. The van der Waals surface area contributed by atoms with Crippen molar-refractivity contribution in [1.82, 2.24) is 20.6 Å². The first-order valence-electron chi connectivity index (χ1n) is 13.7. The average molecular weight is 542 g/mol. The van der Waals surface area contributed by atoms with Gasteiger partial charge in [-0.25, -0.2) is 9.98 Å². The van der Waals surface area contributed by atoms with E-state index in [1.807, 2.05) is 26.2 Å². The standard InChI is InChI=1S/C32H39N5O3/c1-8-21(5)31(33-7)37-32-30-22(6)40-19-25-16-34-18-29(36-25)39-13-12-38-26(9-2)15-24-14-23(28(30)17-35-32)10-11-27(24)20(3)4/h9-11,14-18,20,33H,2,8,12-13,19H2,1,3-7H3,(H,35,37)/b26-15+,30-22+,31-21+. The van der Waals surface area contributed by atoms with Crippen LogP contribution in [0.25, 0.3) is 11.6 Å². The smallest absolute Gasteiger partial charge is 0.232 e. The summed E-state index contributed by atoms with van der Waals surface area (Å²) in [5.41, 5.74) is 6.99. The first-order chi connectivity index (χ1) is 19.3. The van der Waals surface area contributed by atoms with Gasteiger partial charge in [-0.1, -0.05) is 39.5 Å². The van der Waals surface area contributed by atoms with Crippen molar-refractivity contribution < 1.29 is 14.2 Å². The number of amidine groups is 1. The van der Waals surface area contributed by atoms with Crippen LogP contribution in [0.1, 0.15) is 69.3 Å². The quantitative estimate of drug-likeness (QED) is 0.464. The molecule has 0 saturated carbocycles. The zero-order valence-corrected chi connectivity index (χ0v) is 24.3. The number of fused-ring (bicyclic) bond motifs is 6. The minimum Gasteiger partial charge on any atom is -0.491 e. The van der Waals surface area contributed by atoms with Gasteiger partial charge in [0, 0.05) is 18.8 Å². The molecule has 0 aliphatic carbocycles. The molecule has 4 rings (SSSR count). The van der Waals surface area contributed by atoms with E-state index in [4.69, 9.17) is 19.2 Å². The third-order valence-corrected chi connectivity index (χ3v) is 6.85. The lowest BCUT2D eigenvalue weighted by molar-refractivity contribution is 0.160. The van der Waals surface area contributed by atoms with E-state index in [0.717, 1.165) is 40.3 Å². The summed E-state index contributed by atoms with van der Waals surface area (Å²) in [5.74, 6) is 3.76. The molecule has 0 atom stereocenters. The van der Waals surface area contributed by atoms with Crippen LogP contribution in [0.3, 0.4) is 0 Å². The molecular weight excluding hydrogens is 502 g/mol. The summed E-state index contributed by atoms with van der Waals surface area (Å²) in [6, 6.07) is 6.49. The molecule has 0 radical (unpaired) electrons. The molecule has 2 aliphatic heterocycles. The first kappa shape index (κ1) is 28.7. The van der Waals surface area contributed by atoms with E-state index in [2.05, 4.69) is 73.1 Å². The second-order valence-corrected chi connectivity index (χ2v) is 9.92. The summed E-state index contributed by atoms with van der Waals surface area (Å²) in [7, 11) is 1.90. The Morgan fingerprint density at radius 3 is 2.67 bits per heavy atom. The number of benzene rings is 1. The Morgan fingerprint density at radius 2 is 1.95 bits per heavy atom. The second-order valence-electron chi connectivity index (χ2n) is 9.92. The van der Waals surface area contributed by atoms with Crippen LogP contribution in [0, 0.1) is 0 Å². The van der Waals surface area contributed by atoms with Gasteiger partial charge in [0.05, 0.1) is 18.0 Å². The van der Waals surface area contributed by atoms with Crippen molar-refractivity contribution in [2.75, 3.05) is 20.3 Å². The molecule has 3 heterocycles. The fourth-order valence-corrected chi connectivity index (χ4v) is 4.52. The zero-order chi connectivity index (χ0) is 28.6. The Kier molecular flexibility index (Phi) is 9.43. The van der Waals surface area contributed by atoms with E-state index in [-0.39, 0.29) is 6.61 Å². The first-order valence-corrected chi connectivity index (χ1v) is 13.7. The lowest BCUT2D eigenvalue weighted by Crippen LogP contribution is -2.31. The van der Waals surface area contributed by atoms with Crippen LogP contribution in [0.2, 0.25) is 0 Å². The van der Waals surface area contributed by atoms with E-state index >= 15 is 0 Å². The highest BCUT2D eigenvalue weighted by Gasteiger charge is 2.25. The normalized spacial score (nSPS) is 19.3. The Morgan fingerprint density at radius 1 is 1.15 bits per heavy atom. The van der Waals surface area contributed by atoms with E-state index in [1.165, 1.54) is 11.1 Å². The molecule has 2 aliphatic rings. The third kappa shape index (κ3) is 6.62. The third-order valence-electron chi connectivity index (χ3n) is 6.85. The maximum atomic E-state index is 6.29. The highest BCUT2D eigenvalue weighted by Crippen LogP contribution is 2.35. The van der Waals surface area contributed by atoms with Gasteiger partial charge in [-0.05, 0) is 66.7 Å². The zero-order valence-electron chi connectivity index (χ0n) is 24.3. The predicted molar refractivity (Wildman–Crippen MR) is 160 cm³/mol. The number of nitrogens with zero attached hydrogens (tertiary/aromatic N) is 3. The molecule has 210 valence electrons. The summed E-state index contributed by atoms with van der Waals surface area (Å²) < 4.78 is 18.1. The van der Waals surface area contributed by atoms with Crippen molar-refractivity contribution in [2.45, 2.75) is 53.6 Å². The van der Waals surface area contributed by atoms with E-state index in [9.17, 15) is 0 Å². The maximum absolute atomic E-state index is 6.29. The van der Waals surface area contributed by atoms with Crippen LogP contribution in [0.4, 0.5) is 0 Å². The Balaban J connectivity index is 1.84. The number of hydrogen-bond acceptors (Lipinski definition) is 8. The molecule has 2 aromatic rings. The molecule has 1 aromatic carbocycles. The van der Waals surface area contributed by atoms with Crippen molar-refractivity contribution in [2.24, 2.45) is 4.99 Å². The van der Waals surface area contributed by atoms with E-state index in [1.54, 1.807) is 18.5 Å². The molecule has 40 heavy (non-hydrogen) atoms. The number of ether oxygens (including phenoxy) is 3. The van der Waals surface area contributed by atoms with Gasteiger partial charge in [0.1, 0.15) is 48.7 Å². The van der Waals surface area contributed by atoms with Crippen molar-refractivity contribution in [1.29, 1.82) is 0 Å². The molecule has 8 heteroatoms. The largest absolute Gasteiger partial charge is 0.491 e. The number of nitrogens with one attached hydrogen (secondary N) is 2. The molecule has 2 N–H and O–H groups in total. The van der Waals surface area contributed by atoms with E-state index in [0.29, 0.717) is 42.3 Å². The van der Waals surface area contributed by atoms with E-state index < -0.39 is 0 Å². The van der Waals surface area contributed by atoms with Crippen LogP contribution in [-0.2, 0) is 16.1 Å². The lowest BCUT2D eigenvalue weighted by Gasteiger charge is -2.19. The number of aromatic nitrogens is 2. The Labute approximate surface area is 237 Å². The maximum Gasteiger partial charge on any atom is 0.232 e. The second kappa shape index (κ2) is 13.2. The van der Waals surface area contributed by atoms with Gasteiger partial charge in [0.2, 0.25) is 5.88 Å². The van der Waals surface area contributed by atoms with Gasteiger partial charge in [-0.15, -0.1) is 0 Å². The van der Waals surface area contributed by atoms with Crippen LogP contribution < -0.4 is 15.4 Å². The summed E-state index contributed by atoms with van der Waals surface area (Å²) in [4.78, 5) is 13.6. The van der Waals surface area contributed by atoms with Gasteiger partial charge >= 0.3 is 0 Å². The minimum absolute atomic E-state index is 0.235. The molecular formula is C32H39N5O3. The summed E-state index contributed by atoms with van der Waals surface area (Å²) in [5, 5.41) is 6.77. The molecule has 0 fully saturated rings. The van der Waals surface area contributed by atoms with Gasteiger partial charge in [-0.3, -0.25) is 4.98 Å². The predicted octanol–water partition coefficient (Wildman–Crippen LogP) is 6.23. The monoisotopic (exact) mass is 541 g/mol. The summed E-state index contributed by atoms with van der Waals surface area (Å²) >= 11 is 0. The van der Waals surface area contributed by atoms with Crippen molar-refractivity contribution in [3.05, 3.63) is 100 Å². The number of aliphatic imine (C=N–C) groups is 1. The van der Waals surface area contributed by atoms with Crippen molar-refractivity contribution in [3.63, 3.8) is 0 Å². The fraction of sp³-hybridized carbons (Fsp3) is 0.344. The molecule has 1 aromatic heterocycles. The van der Waals surface area contributed by atoms with Crippen LogP contribution in [0.15, 0.2) is 82.9 Å². The highest BCUT2D eigenvalue weighted by molar-refractivity contribution is 6.16. The molecule has 0 saturated heterocycles. The van der Waals surface area contributed by atoms with Gasteiger partial charge in [0.25, 0.3) is 0 Å². The van der Waals surface area contributed by atoms with Crippen molar-refractivity contribution >= 4 is 17.5 Å². The summed E-state index contributed by atoms with van der Waals surface area (Å²) in [6.07, 6.45) is 9.81. The highest BCUT2D eigenvalue weighted by atomic mass is 16.5. The average Bonchev–Trinajstić information content (AvgIpc) is 3.39. The van der Waals surface area contributed by atoms with Gasteiger partial charge in [-0.2, -0.15) is 0 Å². The SMILES string of the molecule is C=C/C1=C\c2cc(ccc2C(C)C)C2=CN=C(N/C(NC)=C(\C)CC)/C2=C(\C)OCc2cncc(n2)OCCO1. The minimum atomic E-state index is 0.235. The van der Waals surface area contributed by atoms with Crippen molar-refractivity contribution in [3.8, 4) is 5.88 Å². The lowest BCUT2D eigenvalue weighted by atomic mass is 9.90. The van der Waals surface area contributed by atoms with Gasteiger partial charge < -0.3 is 24.8 Å². The molecule has 0 unspecified atom stereocenters. The van der Waals surface area contributed by atoms with Gasteiger partial charge in [0.15, 0.2) is 0 Å². The topological polar surface area (TPSA) is 89.9 Å².